The number of nitrogens with one attached hydrogen (secondary N) is 2. The zero-order valence-corrected chi connectivity index (χ0v) is 12.1. The highest BCUT2D eigenvalue weighted by Crippen LogP contribution is 2.07. The third-order valence-corrected chi connectivity index (χ3v) is 2.26. The zero-order chi connectivity index (χ0) is 15.2. The van der Waals surface area contributed by atoms with Gasteiger partial charge in [-0.3, -0.25) is 5.43 Å². The molecule has 110 valence electrons. The van der Waals surface area contributed by atoms with Crippen molar-refractivity contribution < 1.29 is 19.1 Å². The van der Waals surface area contributed by atoms with Gasteiger partial charge in [0.25, 0.3) is 0 Å². The second kappa shape index (κ2) is 6.91. The standard InChI is InChI=1S/C14H20N2O4/c1-14(2,3)20-13(18)16-15-9-10-5-7-11(8-6-10)12(17)19-4/h5-8,15H,9H2,1-4H3,(H,16,18). The van der Waals surface area contributed by atoms with Gasteiger partial charge in [0.2, 0.25) is 0 Å². The average molecular weight is 280 g/mol. The Kier molecular flexibility index (Phi) is 5.52. The van der Waals surface area contributed by atoms with E-state index in [1.54, 1.807) is 45.0 Å². The van der Waals surface area contributed by atoms with Gasteiger partial charge in [-0.05, 0) is 38.5 Å². The van der Waals surface area contributed by atoms with Crippen LogP contribution < -0.4 is 10.9 Å². The lowest BCUT2D eigenvalue weighted by Gasteiger charge is -2.19. The van der Waals surface area contributed by atoms with Crippen molar-refractivity contribution in [3.05, 3.63) is 35.4 Å². The number of hydrazine groups is 1. The average Bonchev–Trinajstić information content (AvgIpc) is 2.36. The van der Waals surface area contributed by atoms with E-state index in [9.17, 15) is 9.59 Å². The minimum atomic E-state index is -0.538. The highest BCUT2D eigenvalue weighted by atomic mass is 16.6. The van der Waals surface area contributed by atoms with Crippen LogP contribution >= 0.6 is 0 Å². The highest BCUT2D eigenvalue weighted by Gasteiger charge is 2.15. The van der Waals surface area contributed by atoms with E-state index in [0.29, 0.717) is 12.1 Å². The number of esters is 1. The molecule has 0 aliphatic heterocycles. The fourth-order valence-electron chi connectivity index (χ4n) is 1.40. The summed E-state index contributed by atoms with van der Waals surface area (Å²) in [6.45, 7) is 5.79. The third kappa shape index (κ3) is 5.71. The molecule has 2 N–H and O–H groups in total. The lowest BCUT2D eigenvalue weighted by molar-refractivity contribution is 0.0496. The quantitative estimate of drug-likeness (QED) is 0.651. The van der Waals surface area contributed by atoms with Crippen LogP contribution in [0.5, 0.6) is 0 Å². The van der Waals surface area contributed by atoms with Crippen LogP contribution in [0.25, 0.3) is 0 Å². The molecule has 0 saturated heterocycles. The van der Waals surface area contributed by atoms with Gasteiger partial charge < -0.3 is 9.47 Å². The van der Waals surface area contributed by atoms with Crippen LogP contribution in [0.3, 0.4) is 0 Å². The minimum absolute atomic E-state index is 0.378. The van der Waals surface area contributed by atoms with Gasteiger partial charge in [-0.2, -0.15) is 0 Å². The predicted molar refractivity (Wildman–Crippen MR) is 74.0 cm³/mol. The Hall–Kier alpha value is -2.08. The number of carbonyl (C=O) groups excluding carboxylic acids is 2. The number of carbonyl (C=O) groups is 2. The number of ether oxygens (including phenoxy) is 2. The summed E-state index contributed by atoms with van der Waals surface area (Å²) in [5.41, 5.74) is 6.04. The highest BCUT2D eigenvalue weighted by molar-refractivity contribution is 5.89. The van der Waals surface area contributed by atoms with Gasteiger partial charge in [0.1, 0.15) is 5.60 Å². The van der Waals surface area contributed by atoms with Crippen LogP contribution in [0.2, 0.25) is 0 Å². The first-order valence-electron chi connectivity index (χ1n) is 6.21. The molecule has 6 nitrogen and oxygen atoms in total. The van der Waals surface area contributed by atoms with Gasteiger partial charge in [0.05, 0.1) is 12.7 Å². The summed E-state index contributed by atoms with van der Waals surface area (Å²) in [6.07, 6.45) is -0.538. The maximum absolute atomic E-state index is 11.4. The summed E-state index contributed by atoms with van der Waals surface area (Å²) in [5, 5.41) is 0. The van der Waals surface area contributed by atoms with Crippen molar-refractivity contribution in [3.8, 4) is 0 Å². The molecule has 0 aliphatic rings. The van der Waals surface area contributed by atoms with E-state index in [0.717, 1.165) is 5.56 Å². The van der Waals surface area contributed by atoms with Gasteiger partial charge in [0.15, 0.2) is 0 Å². The molecule has 0 spiro atoms. The van der Waals surface area contributed by atoms with Gasteiger partial charge >= 0.3 is 12.1 Å². The lowest BCUT2D eigenvalue weighted by atomic mass is 10.1. The van der Waals surface area contributed by atoms with Crippen molar-refractivity contribution in [2.24, 2.45) is 0 Å². The summed E-state index contributed by atoms with van der Waals surface area (Å²) in [5.74, 6) is -0.378. The Balaban J connectivity index is 2.39. The molecule has 20 heavy (non-hydrogen) atoms. The van der Waals surface area contributed by atoms with E-state index in [-0.39, 0.29) is 5.97 Å². The summed E-state index contributed by atoms with van der Waals surface area (Å²) < 4.78 is 9.67. The predicted octanol–water partition coefficient (Wildman–Crippen LogP) is 2.00. The minimum Gasteiger partial charge on any atom is -0.465 e. The van der Waals surface area contributed by atoms with Crippen LogP contribution in [-0.4, -0.2) is 24.8 Å². The van der Waals surface area contributed by atoms with E-state index in [1.807, 2.05) is 0 Å². The molecule has 0 heterocycles. The first-order valence-corrected chi connectivity index (χ1v) is 6.21. The molecule has 0 saturated carbocycles. The maximum atomic E-state index is 11.4. The molecular formula is C14H20N2O4. The number of rotatable bonds is 4. The monoisotopic (exact) mass is 280 g/mol. The van der Waals surface area contributed by atoms with Crippen molar-refractivity contribution >= 4 is 12.1 Å². The van der Waals surface area contributed by atoms with Gasteiger partial charge in [-0.25, -0.2) is 15.0 Å². The molecule has 0 bridgehead atoms. The molecule has 0 fully saturated rings. The van der Waals surface area contributed by atoms with E-state index >= 15 is 0 Å². The molecule has 1 amide bonds. The van der Waals surface area contributed by atoms with E-state index in [4.69, 9.17) is 4.74 Å². The van der Waals surface area contributed by atoms with Crippen LogP contribution in [0, 0.1) is 0 Å². The van der Waals surface area contributed by atoms with Gasteiger partial charge in [-0.15, -0.1) is 0 Å². The summed E-state index contributed by atoms with van der Waals surface area (Å²) in [7, 11) is 1.34. The Bertz CT molecular complexity index is 463. The number of benzene rings is 1. The smallest absolute Gasteiger partial charge is 0.422 e. The summed E-state index contributed by atoms with van der Waals surface area (Å²) in [6, 6.07) is 6.87. The Morgan fingerprint density at radius 2 is 1.75 bits per heavy atom. The van der Waals surface area contributed by atoms with Crippen molar-refractivity contribution in [1.29, 1.82) is 0 Å². The SMILES string of the molecule is COC(=O)c1ccc(CNNC(=O)OC(C)(C)C)cc1. The second-order valence-electron chi connectivity index (χ2n) is 5.17. The molecule has 1 aromatic carbocycles. The van der Waals surface area contributed by atoms with Crippen molar-refractivity contribution in [2.75, 3.05) is 7.11 Å². The number of methoxy groups -OCH3 is 1. The summed E-state index contributed by atoms with van der Waals surface area (Å²) in [4.78, 5) is 22.6. The number of amides is 1. The molecule has 6 heteroatoms. The fourth-order valence-corrected chi connectivity index (χ4v) is 1.40. The Morgan fingerprint density at radius 1 is 1.15 bits per heavy atom. The molecule has 0 radical (unpaired) electrons. The van der Waals surface area contributed by atoms with Crippen LogP contribution in [0.15, 0.2) is 24.3 Å². The molecular weight excluding hydrogens is 260 g/mol. The molecule has 0 unspecified atom stereocenters. The third-order valence-electron chi connectivity index (χ3n) is 2.26. The van der Waals surface area contributed by atoms with Gasteiger partial charge in [-0.1, -0.05) is 12.1 Å². The normalized spacial score (nSPS) is 10.8. The van der Waals surface area contributed by atoms with Crippen molar-refractivity contribution in [1.82, 2.24) is 10.9 Å². The van der Waals surface area contributed by atoms with Crippen LogP contribution in [-0.2, 0) is 16.0 Å². The van der Waals surface area contributed by atoms with Crippen molar-refractivity contribution in [2.45, 2.75) is 32.9 Å². The summed E-state index contributed by atoms with van der Waals surface area (Å²) >= 11 is 0. The zero-order valence-electron chi connectivity index (χ0n) is 12.1. The number of hydrogen-bond donors (Lipinski definition) is 2. The molecule has 1 rings (SSSR count). The molecule has 0 aliphatic carbocycles. The van der Waals surface area contributed by atoms with Gasteiger partial charge in [0, 0.05) is 6.54 Å². The number of hydrogen-bond acceptors (Lipinski definition) is 5. The molecule has 1 aromatic rings. The molecule has 0 aromatic heterocycles. The van der Waals surface area contributed by atoms with Crippen molar-refractivity contribution in [3.63, 3.8) is 0 Å². The molecule has 0 atom stereocenters. The Labute approximate surface area is 118 Å². The van der Waals surface area contributed by atoms with E-state index in [1.165, 1.54) is 7.11 Å². The lowest BCUT2D eigenvalue weighted by Crippen LogP contribution is -2.40. The maximum Gasteiger partial charge on any atom is 0.422 e. The second-order valence-corrected chi connectivity index (χ2v) is 5.17. The first-order chi connectivity index (χ1) is 9.31. The van der Waals surface area contributed by atoms with Crippen LogP contribution in [0.1, 0.15) is 36.7 Å². The fraction of sp³-hybridized carbons (Fsp3) is 0.429. The Morgan fingerprint density at radius 3 is 2.25 bits per heavy atom. The van der Waals surface area contributed by atoms with Crippen LogP contribution in [0.4, 0.5) is 4.79 Å². The van der Waals surface area contributed by atoms with E-state index in [2.05, 4.69) is 15.6 Å². The van der Waals surface area contributed by atoms with E-state index < -0.39 is 11.7 Å². The largest absolute Gasteiger partial charge is 0.465 e. The first kappa shape index (κ1) is 16.0. The topological polar surface area (TPSA) is 76.7 Å².